The van der Waals surface area contributed by atoms with Crippen molar-refractivity contribution in [2.45, 2.75) is 6.92 Å². The predicted molar refractivity (Wildman–Crippen MR) is 107 cm³/mol. The highest BCUT2D eigenvalue weighted by molar-refractivity contribution is 7.80. The molecule has 2 N–H and O–H groups in total. The lowest BCUT2D eigenvalue weighted by Gasteiger charge is -2.14. The van der Waals surface area contributed by atoms with Crippen LogP contribution in [0.3, 0.4) is 0 Å². The van der Waals surface area contributed by atoms with E-state index in [1.54, 1.807) is 12.1 Å². The van der Waals surface area contributed by atoms with Crippen LogP contribution in [0.5, 0.6) is 0 Å². The van der Waals surface area contributed by atoms with Crippen molar-refractivity contribution in [1.29, 1.82) is 0 Å². The molecule has 3 aromatic carbocycles. The third kappa shape index (κ3) is 4.31. The summed E-state index contributed by atoms with van der Waals surface area (Å²) in [6.07, 6.45) is 0. The van der Waals surface area contributed by atoms with Crippen LogP contribution in [0, 0.1) is 6.92 Å². The third-order valence-electron chi connectivity index (χ3n) is 3.80. The minimum Gasteiger partial charge on any atom is -0.332 e. The number of para-hydroxylation sites is 1. The summed E-state index contributed by atoms with van der Waals surface area (Å²) in [5.41, 5.74) is 4.74. The van der Waals surface area contributed by atoms with Crippen LogP contribution in [0.2, 0.25) is 0 Å². The molecule has 0 spiro atoms. The van der Waals surface area contributed by atoms with Crippen LogP contribution in [-0.4, -0.2) is 11.0 Å². The molecule has 1 amide bonds. The van der Waals surface area contributed by atoms with Crippen molar-refractivity contribution in [2.24, 2.45) is 0 Å². The topological polar surface area (TPSA) is 41.1 Å². The van der Waals surface area contributed by atoms with Gasteiger partial charge in [0.2, 0.25) is 0 Å². The van der Waals surface area contributed by atoms with Crippen LogP contribution in [0.15, 0.2) is 78.9 Å². The number of rotatable bonds is 3. The van der Waals surface area contributed by atoms with Gasteiger partial charge in [0.15, 0.2) is 5.11 Å². The molecule has 3 rings (SSSR count). The number of amides is 1. The molecular weight excluding hydrogens is 328 g/mol. The molecule has 0 aliphatic carbocycles. The van der Waals surface area contributed by atoms with E-state index in [1.807, 2.05) is 42.5 Å². The average molecular weight is 346 g/mol. The Balaban J connectivity index is 1.76. The van der Waals surface area contributed by atoms with E-state index >= 15 is 0 Å². The SMILES string of the molecule is Cc1ccc(-c2ccccc2NC(=S)NC(=O)c2ccccc2)cc1. The Morgan fingerprint density at radius 2 is 1.48 bits per heavy atom. The van der Waals surface area contributed by atoms with Crippen molar-refractivity contribution in [3.63, 3.8) is 0 Å². The summed E-state index contributed by atoms with van der Waals surface area (Å²) in [5, 5.41) is 6.11. The summed E-state index contributed by atoms with van der Waals surface area (Å²) >= 11 is 5.30. The van der Waals surface area contributed by atoms with Crippen molar-refractivity contribution in [2.75, 3.05) is 5.32 Å². The Morgan fingerprint density at radius 1 is 0.840 bits per heavy atom. The lowest BCUT2D eigenvalue weighted by Crippen LogP contribution is -2.34. The largest absolute Gasteiger partial charge is 0.332 e. The van der Waals surface area contributed by atoms with Gasteiger partial charge in [-0.15, -0.1) is 0 Å². The van der Waals surface area contributed by atoms with Gasteiger partial charge in [0.05, 0.1) is 0 Å². The summed E-state index contributed by atoms with van der Waals surface area (Å²) in [7, 11) is 0. The molecule has 0 saturated carbocycles. The van der Waals surface area contributed by atoms with E-state index in [2.05, 4.69) is 41.8 Å². The maximum absolute atomic E-state index is 12.2. The first-order valence-electron chi connectivity index (χ1n) is 7.97. The van der Waals surface area contributed by atoms with E-state index in [1.165, 1.54) is 5.56 Å². The molecule has 25 heavy (non-hydrogen) atoms. The monoisotopic (exact) mass is 346 g/mol. The van der Waals surface area contributed by atoms with Gasteiger partial charge in [0.25, 0.3) is 5.91 Å². The maximum atomic E-state index is 12.2. The summed E-state index contributed by atoms with van der Waals surface area (Å²) in [6.45, 7) is 2.06. The second-order valence-electron chi connectivity index (χ2n) is 5.69. The second kappa shape index (κ2) is 7.73. The van der Waals surface area contributed by atoms with Crippen molar-refractivity contribution < 1.29 is 4.79 Å². The lowest BCUT2D eigenvalue weighted by molar-refractivity contribution is 0.0977. The fourth-order valence-electron chi connectivity index (χ4n) is 2.50. The zero-order valence-electron chi connectivity index (χ0n) is 13.8. The molecule has 0 aromatic heterocycles. The number of carbonyl (C=O) groups is 1. The fourth-order valence-corrected chi connectivity index (χ4v) is 2.70. The molecular formula is C21H18N2OS. The summed E-state index contributed by atoms with van der Waals surface area (Å²) in [4.78, 5) is 12.2. The van der Waals surface area contributed by atoms with Gasteiger partial charge in [-0.1, -0.05) is 66.2 Å². The van der Waals surface area contributed by atoms with Gasteiger partial charge < -0.3 is 5.32 Å². The molecule has 0 bridgehead atoms. The van der Waals surface area contributed by atoms with Gasteiger partial charge in [-0.05, 0) is 42.9 Å². The van der Waals surface area contributed by atoms with Crippen molar-refractivity contribution in [1.82, 2.24) is 5.32 Å². The van der Waals surface area contributed by atoms with Gasteiger partial charge in [-0.2, -0.15) is 0 Å². The molecule has 0 unspecified atom stereocenters. The van der Waals surface area contributed by atoms with Gasteiger partial charge in [0.1, 0.15) is 0 Å². The Hall–Kier alpha value is -2.98. The lowest BCUT2D eigenvalue weighted by atomic mass is 10.0. The standard InChI is InChI=1S/C21H18N2OS/c1-15-11-13-16(14-12-15)18-9-5-6-10-19(18)22-21(25)23-20(24)17-7-3-2-4-8-17/h2-14H,1H3,(H2,22,23,24,25). The zero-order valence-corrected chi connectivity index (χ0v) is 14.6. The van der Waals surface area contributed by atoms with E-state index in [0.29, 0.717) is 5.56 Å². The number of carbonyl (C=O) groups excluding carboxylic acids is 1. The highest BCUT2D eigenvalue weighted by Gasteiger charge is 2.10. The molecule has 0 radical (unpaired) electrons. The van der Waals surface area contributed by atoms with Crippen molar-refractivity contribution in [3.8, 4) is 11.1 Å². The Morgan fingerprint density at radius 3 is 2.20 bits per heavy atom. The molecule has 4 heteroatoms. The maximum Gasteiger partial charge on any atom is 0.257 e. The van der Waals surface area contributed by atoms with Crippen molar-refractivity contribution in [3.05, 3.63) is 90.0 Å². The van der Waals surface area contributed by atoms with Crippen LogP contribution in [0.1, 0.15) is 15.9 Å². The quantitative estimate of drug-likeness (QED) is 0.670. The smallest absolute Gasteiger partial charge is 0.257 e. The first-order valence-corrected chi connectivity index (χ1v) is 8.38. The molecule has 0 saturated heterocycles. The summed E-state index contributed by atoms with van der Waals surface area (Å²) in [5.74, 6) is -0.231. The van der Waals surface area contributed by atoms with Gasteiger partial charge >= 0.3 is 0 Å². The fraction of sp³-hybridized carbons (Fsp3) is 0.0476. The van der Waals surface area contributed by atoms with E-state index in [4.69, 9.17) is 12.2 Å². The highest BCUT2D eigenvalue weighted by Crippen LogP contribution is 2.27. The van der Waals surface area contributed by atoms with Crippen LogP contribution in [-0.2, 0) is 0 Å². The number of nitrogens with one attached hydrogen (secondary N) is 2. The molecule has 0 aliphatic rings. The molecule has 3 nitrogen and oxygen atoms in total. The number of anilines is 1. The van der Waals surface area contributed by atoms with E-state index in [-0.39, 0.29) is 11.0 Å². The first kappa shape index (κ1) is 16.9. The number of thiocarbonyl (C=S) groups is 1. The van der Waals surface area contributed by atoms with Crippen LogP contribution in [0.25, 0.3) is 11.1 Å². The molecule has 0 heterocycles. The third-order valence-corrected chi connectivity index (χ3v) is 4.01. The summed E-state index contributed by atoms with van der Waals surface area (Å²) < 4.78 is 0. The number of aryl methyl sites for hydroxylation is 1. The van der Waals surface area contributed by atoms with E-state index in [9.17, 15) is 4.79 Å². The molecule has 124 valence electrons. The Kier molecular flexibility index (Phi) is 5.21. The van der Waals surface area contributed by atoms with Gasteiger partial charge in [-0.25, -0.2) is 0 Å². The zero-order chi connectivity index (χ0) is 17.6. The predicted octanol–water partition coefficient (Wildman–Crippen LogP) is 4.79. The first-order chi connectivity index (χ1) is 12.1. The van der Waals surface area contributed by atoms with Crippen LogP contribution < -0.4 is 10.6 Å². The van der Waals surface area contributed by atoms with Gasteiger partial charge in [0, 0.05) is 16.8 Å². The normalized spacial score (nSPS) is 10.1. The summed E-state index contributed by atoms with van der Waals surface area (Å²) in [6, 6.07) is 25.2. The highest BCUT2D eigenvalue weighted by atomic mass is 32.1. The Labute approximate surface area is 152 Å². The number of hydrogen-bond acceptors (Lipinski definition) is 2. The minimum absolute atomic E-state index is 0.231. The number of benzene rings is 3. The van der Waals surface area contributed by atoms with E-state index in [0.717, 1.165) is 16.8 Å². The average Bonchev–Trinajstić information content (AvgIpc) is 2.63. The Bertz CT molecular complexity index is 889. The molecule has 0 atom stereocenters. The van der Waals surface area contributed by atoms with Gasteiger partial charge in [-0.3, -0.25) is 10.1 Å². The second-order valence-corrected chi connectivity index (χ2v) is 6.09. The van der Waals surface area contributed by atoms with E-state index < -0.39 is 0 Å². The van der Waals surface area contributed by atoms with Crippen molar-refractivity contribution >= 4 is 28.9 Å². The van der Waals surface area contributed by atoms with Crippen LogP contribution in [0.4, 0.5) is 5.69 Å². The molecule has 0 fully saturated rings. The molecule has 3 aromatic rings. The minimum atomic E-state index is -0.231. The van der Waals surface area contributed by atoms with Crippen LogP contribution >= 0.6 is 12.2 Å². The molecule has 0 aliphatic heterocycles. The number of hydrogen-bond donors (Lipinski definition) is 2.